The van der Waals surface area contributed by atoms with Crippen LogP contribution in [-0.4, -0.2) is 36.1 Å². The van der Waals surface area contributed by atoms with Crippen LogP contribution in [0.4, 0.5) is 10.1 Å². The monoisotopic (exact) mass is 415 g/mol. The molecule has 7 heteroatoms. The van der Waals surface area contributed by atoms with Gasteiger partial charge in [0.2, 0.25) is 0 Å². The number of carbonyl (C=O) groups is 1. The molecule has 2 atom stereocenters. The highest BCUT2D eigenvalue weighted by molar-refractivity contribution is 5.90. The standard InChI is InChI=1S/C23H30FN3O3/c1-4-14-8-9-26(12-19(14)25)21-13(3)20-16(15-6-7-15)10-17(23(29)30-5-2)22(28)27(20)11-18(21)24/h10-11,14-15,19H,4-9,12,25H2,1-3H3/t14-,19-/m1/s1. The molecule has 1 aliphatic heterocycles. The lowest BCUT2D eigenvalue weighted by molar-refractivity contribution is 0.0524. The van der Waals surface area contributed by atoms with E-state index in [-0.39, 0.29) is 24.1 Å². The van der Waals surface area contributed by atoms with Gasteiger partial charge in [-0.05, 0) is 62.1 Å². The molecule has 6 nitrogen and oxygen atoms in total. The van der Waals surface area contributed by atoms with Gasteiger partial charge in [-0.1, -0.05) is 13.3 Å². The van der Waals surface area contributed by atoms with Crippen LogP contribution in [0.2, 0.25) is 0 Å². The lowest BCUT2D eigenvalue weighted by Gasteiger charge is -2.38. The molecule has 0 aromatic carbocycles. The Hall–Kier alpha value is -2.41. The van der Waals surface area contributed by atoms with Crippen LogP contribution in [0.5, 0.6) is 0 Å². The van der Waals surface area contributed by atoms with Crippen LogP contribution in [-0.2, 0) is 4.74 Å². The Labute approximate surface area is 175 Å². The Balaban J connectivity index is 1.88. The van der Waals surface area contributed by atoms with Crippen molar-refractivity contribution in [2.24, 2.45) is 11.7 Å². The summed E-state index contributed by atoms with van der Waals surface area (Å²) in [5, 5.41) is 0. The Morgan fingerprint density at radius 1 is 1.30 bits per heavy atom. The van der Waals surface area contributed by atoms with Gasteiger partial charge in [0.1, 0.15) is 5.56 Å². The van der Waals surface area contributed by atoms with E-state index in [1.54, 1.807) is 13.0 Å². The van der Waals surface area contributed by atoms with Gasteiger partial charge in [0, 0.05) is 19.1 Å². The van der Waals surface area contributed by atoms with E-state index in [1.807, 2.05) is 11.8 Å². The van der Waals surface area contributed by atoms with Gasteiger partial charge in [0.05, 0.1) is 24.0 Å². The van der Waals surface area contributed by atoms with Crippen LogP contribution < -0.4 is 16.2 Å². The first-order valence-corrected chi connectivity index (χ1v) is 10.9. The molecule has 2 aromatic heterocycles. The largest absolute Gasteiger partial charge is 0.462 e. The van der Waals surface area contributed by atoms with Crippen molar-refractivity contribution in [3.63, 3.8) is 0 Å². The van der Waals surface area contributed by atoms with Crippen LogP contribution in [0.25, 0.3) is 5.52 Å². The number of aromatic nitrogens is 1. The Bertz CT molecular complexity index is 1040. The first kappa shape index (κ1) is 20.8. The molecular formula is C23H30FN3O3. The normalized spacial score (nSPS) is 21.8. The summed E-state index contributed by atoms with van der Waals surface area (Å²) in [7, 11) is 0. The second-order valence-corrected chi connectivity index (χ2v) is 8.55. The molecule has 3 heterocycles. The molecule has 4 rings (SSSR count). The van der Waals surface area contributed by atoms with E-state index in [0.29, 0.717) is 23.7 Å². The zero-order valence-corrected chi connectivity index (χ0v) is 17.9. The number of piperidine rings is 1. The van der Waals surface area contributed by atoms with Crippen molar-refractivity contribution in [1.82, 2.24) is 4.40 Å². The van der Waals surface area contributed by atoms with Crippen molar-refractivity contribution in [2.75, 3.05) is 24.6 Å². The SMILES string of the molecule is CCOC(=O)c1cc(C2CC2)c2c(C)c(N3CC[C@@H](CC)[C@H](N)C3)c(F)cn2c1=O. The van der Waals surface area contributed by atoms with Gasteiger partial charge in [-0.25, -0.2) is 9.18 Å². The third kappa shape index (κ3) is 3.49. The van der Waals surface area contributed by atoms with Crippen LogP contribution in [0, 0.1) is 18.7 Å². The summed E-state index contributed by atoms with van der Waals surface area (Å²) in [6.07, 6.45) is 5.16. The highest BCUT2D eigenvalue weighted by Crippen LogP contribution is 2.44. The predicted octanol–water partition coefficient (Wildman–Crippen LogP) is 3.36. The van der Waals surface area contributed by atoms with Crippen molar-refractivity contribution >= 4 is 17.2 Å². The van der Waals surface area contributed by atoms with Gasteiger partial charge in [-0.2, -0.15) is 0 Å². The summed E-state index contributed by atoms with van der Waals surface area (Å²) in [6, 6.07) is 1.66. The molecule has 2 fully saturated rings. The molecule has 0 spiro atoms. The third-order valence-corrected chi connectivity index (χ3v) is 6.60. The van der Waals surface area contributed by atoms with Crippen molar-refractivity contribution in [3.8, 4) is 0 Å². The highest BCUT2D eigenvalue weighted by atomic mass is 19.1. The van der Waals surface area contributed by atoms with E-state index in [0.717, 1.165) is 43.4 Å². The van der Waals surface area contributed by atoms with Crippen molar-refractivity contribution in [1.29, 1.82) is 0 Å². The first-order valence-electron chi connectivity index (χ1n) is 10.9. The van der Waals surface area contributed by atoms with Crippen LogP contribution in [0.1, 0.15) is 66.9 Å². The van der Waals surface area contributed by atoms with Crippen molar-refractivity contribution in [3.05, 3.63) is 45.1 Å². The highest BCUT2D eigenvalue weighted by Gasteiger charge is 2.32. The smallest absolute Gasteiger partial charge is 0.343 e. The molecule has 162 valence electrons. The molecule has 30 heavy (non-hydrogen) atoms. The summed E-state index contributed by atoms with van der Waals surface area (Å²) >= 11 is 0. The number of hydrogen-bond donors (Lipinski definition) is 1. The predicted molar refractivity (Wildman–Crippen MR) is 115 cm³/mol. The Morgan fingerprint density at radius 3 is 2.63 bits per heavy atom. The Kier molecular flexibility index (Phi) is 5.57. The molecular weight excluding hydrogens is 385 g/mol. The molecule has 0 unspecified atom stereocenters. The van der Waals surface area contributed by atoms with E-state index in [1.165, 1.54) is 10.6 Å². The quantitative estimate of drug-likeness (QED) is 0.758. The molecule has 1 saturated carbocycles. The van der Waals surface area contributed by atoms with Gasteiger partial charge in [0.15, 0.2) is 5.82 Å². The van der Waals surface area contributed by atoms with Gasteiger partial charge >= 0.3 is 5.97 Å². The minimum atomic E-state index is -0.659. The molecule has 1 aliphatic carbocycles. The molecule has 1 saturated heterocycles. The summed E-state index contributed by atoms with van der Waals surface area (Å²) in [5.41, 5.74) is 8.65. The van der Waals surface area contributed by atoms with Gasteiger partial charge in [0.25, 0.3) is 5.56 Å². The van der Waals surface area contributed by atoms with Crippen LogP contribution in [0.15, 0.2) is 17.1 Å². The van der Waals surface area contributed by atoms with Crippen molar-refractivity contribution < 1.29 is 13.9 Å². The minimum absolute atomic E-state index is 0.00457. The van der Waals surface area contributed by atoms with E-state index < -0.39 is 17.3 Å². The number of ether oxygens (including phenoxy) is 1. The topological polar surface area (TPSA) is 77.0 Å². The number of pyridine rings is 2. The molecule has 2 aliphatic rings. The molecule has 0 radical (unpaired) electrons. The van der Waals surface area contributed by atoms with E-state index in [2.05, 4.69) is 6.92 Å². The fourth-order valence-corrected chi connectivity index (χ4v) is 4.83. The number of nitrogens with zero attached hydrogens (tertiary/aromatic N) is 2. The maximum atomic E-state index is 15.3. The first-order chi connectivity index (χ1) is 14.4. The van der Waals surface area contributed by atoms with E-state index >= 15 is 4.39 Å². The van der Waals surface area contributed by atoms with Crippen molar-refractivity contribution in [2.45, 2.75) is 58.4 Å². The van der Waals surface area contributed by atoms with Gasteiger partial charge in [-0.15, -0.1) is 0 Å². The number of hydrogen-bond acceptors (Lipinski definition) is 5. The number of anilines is 1. The number of fused-ring (bicyclic) bond motifs is 1. The molecule has 0 amide bonds. The van der Waals surface area contributed by atoms with E-state index in [9.17, 15) is 9.59 Å². The van der Waals surface area contributed by atoms with Crippen LogP contribution >= 0.6 is 0 Å². The van der Waals surface area contributed by atoms with Gasteiger partial charge in [-0.3, -0.25) is 9.20 Å². The number of esters is 1. The average Bonchev–Trinajstić information content (AvgIpc) is 3.54. The van der Waals surface area contributed by atoms with Gasteiger partial charge < -0.3 is 15.4 Å². The second-order valence-electron chi connectivity index (χ2n) is 8.55. The average molecular weight is 416 g/mol. The number of halogens is 1. The Morgan fingerprint density at radius 2 is 2.03 bits per heavy atom. The minimum Gasteiger partial charge on any atom is -0.462 e. The molecule has 0 bridgehead atoms. The number of rotatable bonds is 5. The summed E-state index contributed by atoms with van der Waals surface area (Å²) < 4.78 is 21.7. The summed E-state index contributed by atoms with van der Waals surface area (Å²) in [5.74, 6) is -0.402. The zero-order chi connectivity index (χ0) is 21.6. The second kappa shape index (κ2) is 8.02. The zero-order valence-electron chi connectivity index (χ0n) is 17.9. The third-order valence-electron chi connectivity index (χ3n) is 6.60. The van der Waals surface area contributed by atoms with E-state index in [4.69, 9.17) is 10.5 Å². The lowest BCUT2D eigenvalue weighted by Crippen LogP contribution is -2.49. The number of nitrogens with two attached hydrogens (primary N) is 1. The number of carbonyl (C=O) groups excluding carboxylic acids is 1. The molecule has 2 N–H and O–H groups in total. The fourth-order valence-electron chi connectivity index (χ4n) is 4.83. The lowest BCUT2D eigenvalue weighted by atomic mass is 9.89. The maximum Gasteiger partial charge on any atom is 0.343 e. The number of aryl methyl sites for hydroxylation is 1. The maximum absolute atomic E-state index is 15.3. The molecule has 2 aromatic rings. The summed E-state index contributed by atoms with van der Waals surface area (Å²) in [4.78, 5) is 27.4. The summed E-state index contributed by atoms with van der Waals surface area (Å²) in [6.45, 7) is 7.21. The van der Waals surface area contributed by atoms with Crippen LogP contribution in [0.3, 0.4) is 0 Å². The fraction of sp³-hybridized carbons (Fsp3) is 0.565.